The van der Waals surface area contributed by atoms with Crippen molar-refractivity contribution in [3.05, 3.63) is 140 Å². The third-order valence-electron chi connectivity index (χ3n) is 7.57. The number of fused-ring (bicyclic) bond motifs is 4. The Morgan fingerprint density at radius 3 is 1.31 bits per heavy atom. The fraction of sp³-hybridized carbons (Fsp3) is 0. The van der Waals surface area contributed by atoms with Crippen LogP contribution in [0.15, 0.2) is 140 Å². The molecule has 0 spiro atoms. The summed E-state index contributed by atoms with van der Waals surface area (Å²) in [5, 5.41) is 4.58. The molecule has 0 saturated carbocycles. The van der Waals surface area contributed by atoms with E-state index in [0.29, 0.717) is 0 Å². The van der Waals surface area contributed by atoms with Gasteiger partial charge in [0.15, 0.2) is 0 Å². The Kier molecular flexibility index (Phi) is 4.82. The van der Waals surface area contributed by atoms with Gasteiger partial charge in [-0.1, -0.05) is 91.0 Å². The molecule has 39 heavy (non-hydrogen) atoms. The van der Waals surface area contributed by atoms with Crippen molar-refractivity contribution < 1.29 is 0 Å². The van der Waals surface area contributed by atoms with Crippen LogP contribution in [0.3, 0.4) is 0 Å². The summed E-state index contributed by atoms with van der Waals surface area (Å²) in [6, 6.07) is 46.7. The highest BCUT2D eigenvalue weighted by Gasteiger charge is 2.20. The number of para-hydroxylation sites is 5. The quantitative estimate of drug-likeness (QED) is 0.228. The molecular formula is C36H23N3. The van der Waals surface area contributed by atoms with Gasteiger partial charge in [-0.15, -0.1) is 0 Å². The van der Waals surface area contributed by atoms with Crippen LogP contribution in [0.1, 0.15) is 0 Å². The van der Waals surface area contributed by atoms with Gasteiger partial charge >= 0.3 is 0 Å². The molecule has 8 rings (SSSR count). The van der Waals surface area contributed by atoms with E-state index in [0.717, 1.165) is 60.6 Å². The predicted octanol–water partition coefficient (Wildman–Crippen LogP) is 9.21. The van der Waals surface area contributed by atoms with Crippen molar-refractivity contribution in [2.75, 3.05) is 0 Å². The molecule has 182 valence electrons. The van der Waals surface area contributed by atoms with Gasteiger partial charge in [-0.2, -0.15) is 0 Å². The molecule has 0 amide bonds. The number of hydrogen-bond donors (Lipinski definition) is 0. The molecule has 3 heteroatoms. The lowest BCUT2D eigenvalue weighted by atomic mass is 9.96. The minimum absolute atomic E-state index is 0.994. The van der Waals surface area contributed by atoms with Crippen LogP contribution in [0, 0.1) is 0 Å². The maximum Gasteiger partial charge on any atom is 0.0716 e. The minimum atomic E-state index is 0.994. The maximum atomic E-state index is 5.00. The van der Waals surface area contributed by atoms with E-state index in [1.54, 1.807) is 0 Å². The van der Waals surface area contributed by atoms with E-state index in [1.807, 2.05) is 0 Å². The van der Waals surface area contributed by atoms with Gasteiger partial charge in [-0.3, -0.25) is 0 Å². The third-order valence-corrected chi connectivity index (χ3v) is 7.57. The first kappa shape index (κ1) is 21.8. The normalized spacial score (nSPS) is 11.6. The zero-order chi connectivity index (χ0) is 25.8. The van der Waals surface area contributed by atoms with E-state index < -0.39 is 0 Å². The van der Waals surface area contributed by atoms with Crippen molar-refractivity contribution in [3.63, 3.8) is 0 Å². The Hall–Kier alpha value is -5.28. The number of aromatic nitrogens is 3. The van der Waals surface area contributed by atoms with Gasteiger partial charge in [0, 0.05) is 50.1 Å². The molecule has 0 bridgehead atoms. The standard InChI is InChI=1S/C36H23N3/c1-2-12-25(13-3-1)39-23-24(35-26-14-4-8-18-30(26)37-31-19-9-5-15-27(31)35)22-34(39)36-28-16-6-10-20-32(28)38-33-21-11-7-17-29(33)36/h1-23H. The summed E-state index contributed by atoms with van der Waals surface area (Å²) < 4.78 is 2.33. The first-order chi connectivity index (χ1) is 19.3. The fourth-order valence-corrected chi connectivity index (χ4v) is 5.86. The first-order valence-electron chi connectivity index (χ1n) is 13.2. The lowest BCUT2D eigenvalue weighted by molar-refractivity contribution is 1.09. The van der Waals surface area contributed by atoms with E-state index >= 15 is 0 Å². The van der Waals surface area contributed by atoms with E-state index in [4.69, 9.17) is 9.97 Å². The largest absolute Gasteiger partial charge is 0.316 e. The highest BCUT2D eigenvalue weighted by molar-refractivity contribution is 6.12. The van der Waals surface area contributed by atoms with Crippen molar-refractivity contribution >= 4 is 43.6 Å². The van der Waals surface area contributed by atoms with Gasteiger partial charge in [0.2, 0.25) is 0 Å². The van der Waals surface area contributed by atoms with E-state index in [-0.39, 0.29) is 0 Å². The van der Waals surface area contributed by atoms with Crippen LogP contribution in [0.4, 0.5) is 0 Å². The number of hydrogen-bond acceptors (Lipinski definition) is 2. The monoisotopic (exact) mass is 497 g/mol. The zero-order valence-corrected chi connectivity index (χ0v) is 21.1. The minimum Gasteiger partial charge on any atom is -0.316 e. The van der Waals surface area contributed by atoms with Crippen LogP contribution < -0.4 is 0 Å². The van der Waals surface area contributed by atoms with Crippen molar-refractivity contribution in [1.29, 1.82) is 0 Å². The summed E-state index contributed by atoms with van der Waals surface area (Å²) in [5.74, 6) is 0. The Balaban J connectivity index is 1.53. The predicted molar refractivity (Wildman–Crippen MR) is 162 cm³/mol. The van der Waals surface area contributed by atoms with Gasteiger partial charge in [-0.05, 0) is 42.5 Å². The van der Waals surface area contributed by atoms with Crippen LogP contribution in [0.2, 0.25) is 0 Å². The van der Waals surface area contributed by atoms with Gasteiger partial charge in [-0.25, -0.2) is 9.97 Å². The molecule has 0 saturated heterocycles. The highest BCUT2D eigenvalue weighted by Crippen LogP contribution is 2.42. The topological polar surface area (TPSA) is 30.7 Å². The summed E-state index contributed by atoms with van der Waals surface area (Å²) in [6.07, 6.45) is 2.28. The van der Waals surface area contributed by atoms with E-state index in [2.05, 4.69) is 144 Å². The lowest BCUT2D eigenvalue weighted by Crippen LogP contribution is -1.97. The molecule has 0 aliphatic carbocycles. The van der Waals surface area contributed by atoms with E-state index in [1.165, 1.54) is 11.1 Å². The number of rotatable bonds is 3. The van der Waals surface area contributed by atoms with Crippen LogP contribution in [-0.2, 0) is 0 Å². The second kappa shape index (κ2) is 8.64. The molecule has 5 aromatic carbocycles. The number of benzene rings is 5. The molecule has 0 atom stereocenters. The molecule has 0 unspecified atom stereocenters. The summed E-state index contributed by atoms with van der Waals surface area (Å²) in [5.41, 5.74) is 9.79. The smallest absolute Gasteiger partial charge is 0.0716 e. The average Bonchev–Trinajstić information content (AvgIpc) is 3.43. The van der Waals surface area contributed by atoms with Gasteiger partial charge < -0.3 is 4.57 Å². The van der Waals surface area contributed by atoms with Gasteiger partial charge in [0.1, 0.15) is 0 Å². The van der Waals surface area contributed by atoms with Crippen LogP contribution in [0.25, 0.3) is 71.7 Å². The molecule has 3 heterocycles. The van der Waals surface area contributed by atoms with Crippen molar-refractivity contribution in [3.8, 4) is 28.1 Å². The highest BCUT2D eigenvalue weighted by atomic mass is 15.0. The molecule has 3 nitrogen and oxygen atoms in total. The molecular weight excluding hydrogens is 474 g/mol. The SMILES string of the molecule is c1ccc(-n2cc(-c3c4ccccc4nc4ccccc34)cc2-c2c3ccccc3nc3ccccc23)cc1. The van der Waals surface area contributed by atoms with Crippen LogP contribution >= 0.6 is 0 Å². The summed E-state index contributed by atoms with van der Waals surface area (Å²) in [6.45, 7) is 0. The molecule has 0 radical (unpaired) electrons. The molecule has 0 aliphatic rings. The van der Waals surface area contributed by atoms with Gasteiger partial charge in [0.25, 0.3) is 0 Å². The molecule has 0 aliphatic heterocycles. The Morgan fingerprint density at radius 2 is 0.821 bits per heavy atom. The summed E-state index contributed by atoms with van der Waals surface area (Å²) in [4.78, 5) is 9.97. The number of pyridine rings is 2. The Morgan fingerprint density at radius 1 is 0.410 bits per heavy atom. The Bertz CT molecular complexity index is 2070. The first-order valence-corrected chi connectivity index (χ1v) is 13.2. The van der Waals surface area contributed by atoms with Crippen molar-refractivity contribution in [1.82, 2.24) is 14.5 Å². The van der Waals surface area contributed by atoms with E-state index in [9.17, 15) is 0 Å². The molecule has 0 fully saturated rings. The van der Waals surface area contributed by atoms with Crippen molar-refractivity contribution in [2.24, 2.45) is 0 Å². The molecule has 3 aromatic heterocycles. The fourth-order valence-electron chi connectivity index (χ4n) is 5.86. The Labute approximate surface area is 225 Å². The third kappa shape index (κ3) is 3.44. The number of nitrogens with zero attached hydrogens (tertiary/aromatic N) is 3. The molecule has 8 aromatic rings. The molecule has 0 N–H and O–H groups in total. The van der Waals surface area contributed by atoms with Gasteiger partial charge in [0.05, 0.1) is 27.8 Å². The summed E-state index contributed by atoms with van der Waals surface area (Å²) in [7, 11) is 0. The van der Waals surface area contributed by atoms with Crippen LogP contribution in [-0.4, -0.2) is 14.5 Å². The zero-order valence-electron chi connectivity index (χ0n) is 21.1. The second-order valence-electron chi connectivity index (χ2n) is 9.86. The van der Waals surface area contributed by atoms with Crippen LogP contribution in [0.5, 0.6) is 0 Å². The van der Waals surface area contributed by atoms with Crippen molar-refractivity contribution in [2.45, 2.75) is 0 Å². The maximum absolute atomic E-state index is 5.00. The average molecular weight is 498 g/mol. The lowest BCUT2D eigenvalue weighted by Gasteiger charge is -2.14. The second-order valence-corrected chi connectivity index (χ2v) is 9.86. The summed E-state index contributed by atoms with van der Waals surface area (Å²) >= 11 is 0.